The van der Waals surface area contributed by atoms with Gasteiger partial charge in [-0.05, 0) is 36.6 Å². The molecule has 3 nitrogen and oxygen atoms in total. The summed E-state index contributed by atoms with van der Waals surface area (Å²) in [5.41, 5.74) is 3.54. The predicted molar refractivity (Wildman–Crippen MR) is 106 cm³/mol. The lowest BCUT2D eigenvalue weighted by Crippen LogP contribution is -2.45. The molecule has 2 aromatic carbocycles. The third-order valence-corrected chi connectivity index (χ3v) is 6.37. The number of fused-ring (bicyclic) bond motifs is 2. The van der Waals surface area contributed by atoms with E-state index < -0.39 is 0 Å². The molecule has 0 saturated carbocycles. The average Bonchev–Trinajstić information content (AvgIpc) is 2.97. The van der Waals surface area contributed by atoms with E-state index in [1.165, 1.54) is 17.4 Å². The van der Waals surface area contributed by atoms with E-state index in [-0.39, 0.29) is 24.2 Å². The van der Waals surface area contributed by atoms with Crippen molar-refractivity contribution in [1.29, 1.82) is 0 Å². The number of ether oxygens (including phenoxy) is 1. The molecule has 134 valence electrons. The zero-order valence-corrected chi connectivity index (χ0v) is 15.8. The Morgan fingerprint density at radius 1 is 1.12 bits per heavy atom. The molecular formula is C22H23NO2S. The van der Waals surface area contributed by atoms with E-state index in [1.807, 2.05) is 30.0 Å². The Labute approximate surface area is 158 Å². The molecule has 2 aromatic rings. The number of nitrogens with one attached hydrogen (secondary N) is 1. The van der Waals surface area contributed by atoms with Crippen LogP contribution in [0.25, 0.3) is 5.57 Å². The van der Waals surface area contributed by atoms with Crippen LogP contribution in [0.2, 0.25) is 0 Å². The van der Waals surface area contributed by atoms with Gasteiger partial charge >= 0.3 is 5.97 Å². The fourth-order valence-electron chi connectivity index (χ4n) is 3.82. The second-order valence-corrected chi connectivity index (χ2v) is 8.33. The number of aryl methyl sites for hydroxylation is 1. The summed E-state index contributed by atoms with van der Waals surface area (Å²) < 4.78 is 5.72. The van der Waals surface area contributed by atoms with E-state index in [0.29, 0.717) is 5.25 Å². The number of esters is 1. The monoisotopic (exact) mass is 365 g/mol. The summed E-state index contributed by atoms with van der Waals surface area (Å²) in [5.74, 6) is -0.230. The number of carbonyl (C=O) groups is 1. The van der Waals surface area contributed by atoms with Gasteiger partial charge in [-0.25, -0.2) is 0 Å². The summed E-state index contributed by atoms with van der Waals surface area (Å²) in [6.07, 6.45) is 3.02. The molecule has 0 aromatic heterocycles. The topological polar surface area (TPSA) is 38.3 Å². The standard InChI is InChI=1S/C22H23NO2S/c1-14-8-10-17(11-9-14)26-21-13-20-22(25-15(2)24)18(12-19(21)23-20)16-6-4-3-5-7-16/h3-12,19-23H,13H2,1-2H3/t19-,20-,21-,22?/m0/s1. The molecule has 0 amide bonds. The van der Waals surface area contributed by atoms with Gasteiger partial charge in [-0.15, -0.1) is 11.8 Å². The predicted octanol–water partition coefficient (Wildman–Crippen LogP) is 4.22. The minimum Gasteiger partial charge on any atom is -0.456 e. The molecule has 4 heteroatoms. The first kappa shape index (κ1) is 17.4. The van der Waals surface area contributed by atoms with Crippen molar-refractivity contribution in [1.82, 2.24) is 5.32 Å². The summed E-state index contributed by atoms with van der Waals surface area (Å²) in [5, 5.41) is 4.09. The maximum absolute atomic E-state index is 11.7. The van der Waals surface area contributed by atoms with Crippen LogP contribution in [0.3, 0.4) is 0 Å². The fourth-order valence-corrected chi connectivity index (χ4v) is 5.07. The van der Waals surface area contributed by atoms with Crippen LogP contribution in [0, 0.1) is 6.92 Å². The first-order valence-electron chi connectivity index (χ1n) is 9.04. The third kappa shape index (κ3) is 3.57. The zero-order chi connectivity index (χ0) is 18.1. The molecule has 2 bridgehead atoms. The van der Waals surface area contributed by atoms with Crippen molar-refractivity contribution in [3.8, 4) is 0 Å². The normalized spacial score (nSPS) is 27.1. The Balaban J connectivity index is 1.61. The summed E-state index contributed by atoms with van der Waals surface area (Å²) in [7, 11) is 0. The molecule has 0 radical (unpaired) electrons. The van der Waals surface area contributed by atoms with Crippen LogP contribution < -0.4 is 5.32 Å². The average molecular weight is 365 g/mol. The quantitative estimate of drug-likeness (QED) is 0.824. The van der Waals surface area contributed by atoms with Gasteiger partial charge in [0.25, 0.3) is 0 Å². The Bertz CT molecular complexity index is 816. The lowest BCUT2D eigenvalue weighted by atomic mass is 9.93. The minimum atomic E-state index is -0.230. The number of benzene rings is 2. The maximum Gasteiger partial charge on any atom is 0.303 e. The van der Waals surface area contributed by atoms with Crippen molar-refractivity contribution in [2.45, 2.75) is 48.6 Å². The molecule has 1 unspecified atom stereocenters. The summed E-state index contributed by atoms with van der Waals surface area (Å²) in [6, 6.07) is 19.4. The van der Waals surface area contributed by atoms with Gasteiger partial charge in [0.2, 0.25) is 0 Å². The first-order chi connectivity index (χ1) is 12.6. The second-order valence-electron chi connectivity index (χ2n) is 7.02. The Kier molecular flexibility index (Phi) is 4.88. The Hall–Kier alpha value is -2.04. The van der Waals surface area contributed by atoms with Crippen LogP contribution in [0.4, 0.5) is 0 Å². The van der Waals surface area contributed by atoms with E-state index in [9.17, 15) is 4.79 Å². The number of hydrogen-bond donors (Lipinski definition) is 1. The van der Waals surface area contributed by atoms with Crippen molar-refractivity contribution in [3.63, 3.8) is 0 Å². The van der Waals surface area contributed by atoms with Crippen LogP contribution >= 0.6 is 11.8 Å². The van der Waals surface area contributed by atoms with Crippen LogP contribution in [0.15, 0.2) is 65.6 Å². The molecule has 2 heterocycles. The molecule has 2 aliphatic rings. The molecule has 0 aliphatic carbocycles. The van der Waals surface area contributed by atoms with E-state index in [0.717, 1.165) is 17.6 Å². The Morgan fingerprint density at radius 3 is 2.54 bits per heavy atom. The number of rotatable bonds is 4. The number of thioether (sulfide) groups is 1. The smallest absolute Gasteiger partial charge is 0.303 e. The SMILES string of the molecule is CC(=O)OC1C(c2ccccc2)=C[C@@H]2N[C@H]1C[C@@H]2Sc1ccc(C)cc1. The van der Waals surface area contributed by atoms with Gasteiger partial charge in [-0.3, -0.25) is 4.79 Å². The Morgan fingerprint density at radius 2 is 1.85 bits per heavy atom. The molecule has 4 rings (SSSR count). The van der Waals surface area contributed by atoms with Gasteiger partial charge in [0.1, 0.15) is 6.10 Å². The minimum absolute atomic E-state index is 0.159. The largest absolute Gasteiger partial charge is 0.456 e. The zero-order valence-electron chi connectivity index (χ0n) is 15.0. The van der Waals surface area contributed by atoms with E-state index in [4.69, 9.17) is 4.74 Å². The molecule has 1 saturated heterocycles. The van der Waals surface area contributed by atoms with Gasteiger partial charge in [0.15, 0.2) is 0 Å². The van der Waals surface area contributed by atoms with Crippen molar-refractivity contribution in [3.05, 3.63) is 71.8 Å². The van der Waals surface area contributed by atoms with Crippen molar-refractivity contribution < 1.29 is 9.53 Å². The molecule has 1 fully saturated rings. The highest BCUT2D eigenvalue weighted by molar-refractivity contribution is 8.00. The second kappa shape index (κ2) is 7.29. The summed E-state index contributed by atoms with van der Waals surface area (Å²) >= 11 is 1.91. The lowest BCUT2D eigenvalue weighted by molar-refractivity contribution is -0.144. The van der Waals surface area contributed by atoms with E-state index in [1.54, 1.807) is 0 Å². The van der Waals surface area contributed by atoms with Gasteiger partial charge in [-0.1, -0.05) is 54.1 Å². The highest BCUT2D eigenvalue weighted by Crippen LogP contribution is 2.41. The third-order valence-electron chi connectivity index (χ3n) is 5.03. The number of carbonyl (C=O) groups excluding carboxylic acids is 1. The summed E-state index contributed by atoms with van der Waals surface area (Å²) in [6.45, 7) is 3.60. The lowest BCUT2D eigenvalue weighted by Gasteiger charge is -2.31. The molecule has 2 aliphatic heterocycles. The fraction of sp³-hybridized carbons (Fsp3) is 0.318. The van der Waals surface area contributed by atoms with Gasteiger partial charge < -0.3 is 10.1 Å². The highest BCUT2D eigenvalue weighted by Gasteiger charge is 2.44. The van der Waals surface area contributed by atoms with Crippen LogP contribution in [-0.2, 0) is 9.53 Å². The molecular weight excluding hydrogens is 342 g/mol. The molecule has 0 spiro atoms. The van der Waals surface area contributed by atoms with Crippen molar-refractivity contribution >= 4 is 23.3 Å². The summed E-state index contributed by atoms with van der Waals surface area (Å²) in [4.78, 5) is 13.0. The van der Waals surface area contributed by atoms with Crippen molar-refractivity contribution in [2.75, 3.05) is 0 Å². The molecule has 26 heavy (non-hydrogen) atoms. The van der Waals surface area contributed by atoms with Gasteiger partial charge in [0.05, 0.1) is 6.04 Å². The maximum atomic E-state index is 11.7. The number of hydrogen-bond acceptors (Lipinski definition) is 4. The first-order valence-corrected chi connectivity index (χ1v) is 9.92. The van der Waals surface area contributed by atoms with Crippen LogP contribution in [-0.4, -0.2) is 29.4 Å². The van der Waals surface area contributed by atoms with Crippen LogP contribution in [0.1, 0.15) is 24.5 Å². The van der Waals surface area contributed by atoms with E-state index >= 15 is 0 Å². The molecule has 1 N–H and O–H groups in total. The highest BCUT2D eigenvalue weighted by atomic mass is 32.2. The van der Waals surface area contributed by atoms with E-state index in [2.05, 4.69) is 54.7 Å². The van der Waals surface area contributed by atoms with Gasteiger partial charge in [0, 0.05) is 23.1 Å². The van der Waals surface area contributed by atoms with Gasteiger partial charge in [-0.2, -0.15) is 0 Å². The van der Waals surface area contributed by atoms with Crippen molar-refractivity contribution in [2.24, 2.45) is 0 Å². The molecule has 4 atom stereocenters. The van der Waals surface area contributed by atoms with Crippen LogP contribution in [0.5, 0.6) is 0 Å².